The van der Waals surface area contributed by atoms with Gasteiger partial charge in [-0.25, -0.2) is 4.79 Å². The number of aromatic nitrogens is 2. The van der Waals surface area contributed by atoms with Crippen LogP contribution in [-0.2, 0) is 16.0 Å². The predicted molar refractivity (Wildman–Crippen MR) is 91.2 cm³/mol. The average molecular weight is 356 g/mol. The topological polar surface area (TPSA) is 97.6 Å². The molecule has 136 valence electrons. The fraction of sp³-hybridized carbons (Fsp3) is 0.444. The maximum atomic E-state index is 12.1. The molecule has 1 aromatic carbocycles. The molecule has 2 fully saturated rings. The van der Waals surface area contributed by atoms with Gasteiger partial charge >= 0.3 is 6.09 Å². The van der Waals surface area contributed by atoms with Crippen LogP contribution < -0.4 is 5.32 Å². The second-order valence-corrected chi connectivity index (χ2v) is 6.70. The maximum absolute atomic E-state index is 12.1. The smallest absolute Gasteiger partial charge is 0.410 e. The fourth-order valence-corrected chi connectivity index (χ4v) is 3.02. The zero-order chi connectivity index (χ0) is 18.1. The number of aryl methyl sites for hydroxylation is 1. The highest BCUT2D eigenvalue weighted by Crippen LogP contribution is 2.30. The Bertz CT molecular complexity index is 830. The summed E-state index contributed by atoms with van der Waals surface area (Å²) in [5.74, 6) is 0.477. The summed E-state index contributed by atoms with van der Waals surface area (Å²) < 4.78 is 10.4. The number of ether oxygens (including phenoxy) is 1. The van der Waals surface area contributed by atoms with Crippen molar-refractivity contribution < 1.29 is 18.8 Å². The molecule has 1 aromatic heterocycles. The van der Waals surface area contributed by atoms with Crippen LogP contribution in [0.4, 0.5) is 4.79 Å². The molecule has 1 atom stereocenters. The standard InChI is InChI=1S/C18H20N4O4/c1-11-4-2-3-5-14(11)17-20-16(26-21-17)8-15(23)19-9-13-10-22(12-6-7-12)18(24)25-13/h2-5,12-13H,6-10H2,1H3,(H,19,23). The van der Waals surface area contributed by atoms with E-state index in [0.717, 1.165) is 24.0 Å². The van der Waals surface area contributed by atoms with Crippen molar-refractivity contribution in [3.8, 4) is 11.4 Å². The van der Waals surface area contributed by atoms with Crippen molar-refractivity contribution in [3.05, 3.63) is 35.7 Å². The van der Waals surface area contributed by atoms with Gasteiger partial charge in [0.2, 0.25) is 17.6 Å². The van der Waals surface area contributed by atoms with Crippen LogP contribution in [-0.4, -0.2) is 52.3 Å². The Labute approximate surface area is 150 Å². The van der Waals surface area contributed by atoms with Crippen LogP contribution >= 0.6 is 0 Å². The molecule has 4 rings (SSSR count). The molecule has 8 nitrogen and oxygen atoms in total. The molecule has 1 N–H and O–H groups in total. The third-order valence-corrected chi connectivity index (χ3v) is 4.58. The second-order valence-electron chi connectivity index (χ2n) is 6.70. The first-order chi connectivity index (χ1) is 12.6. The number of amides is 2. The first kappa shape index (κ1) is 16.6. The Morgan fingerprint density at radius 2 is 2.15 bits per heavy atom. The molecule has 1 saturated heterocycles. The monoisotopic (exact) mass is 356 g/mol. The largest absolute Gasteiger partial charge is 0.442 e. The van der Waals surface area contributed by atoms with E-state index in [1.165, 1.54) is 0 Å². The predicted octanol–water partition coefficient (Wildman–Crippen LogP) is 1.69. The zero-order valence-electron chi connectivity index (χ0n) is 14.5. The number of carbonyl (C=O) groups excluding carboxylic acids is 2. The highest BCUT2D eigenvalue weighted by Gasteiger charge is 2.40. The fourth-order valence-electron chi connectivity index (χ4n) is 3.02. The summed E-state index contributed by atoms with van der Waals surface area (Å²) >= 11 is 0. The third-order valence-electron chi connectivity index (χ3n) is 4.58. The van der Waals surface area contributed by atoms with E-state index in [1.807, 2.05) is 31.2 Å². The number of nitrogens with zero attached hydrogens (tertiary/aromatic N) is 3. The molecular weight excluding hydrogens is 336 g/mol. The molecular formula is C18H20N4O4. The van der Waals surface area contributed by atoms with Crippen LogP contribution in [0.5, 0.6) is 0 Å². The van der Waals surface area contributed by atoms with Gasteiger partial charge < -0.3 is 19.5 Å². The minimum atomic E-state index is -0.308. The summed E-state index contributed by atoms with van der Waals surface area (Å²) in [6.07, 6.45) is 1.47. The van der Waals surface area contributed by atoms with Gasteiger partial charge in [0, 0.05) is 11.6 Å². The number of cyclic esters (lactones) is 1. The molecule has 2 heterocycles. The Balaban J connectivity index is 1.29. The molecule has 2 amide bonds. The van der Waals surface area contributed by atoms with Gasteiger partial charge in [0.05, 0.1) is 13.1 Å². The normalized spacial score (nSPS) is 19.5. The maximum Gasteiger partial charge on any atom is 0.410 e. The van der Waals surface area contributed by atoms with Crippen LogP contribution in [0.3, 0.4) is 0 Å². The van der Waals surface area contributed by atoms with Crippen molar-refractivity contribution in [1.29, 1.82) is 0 Å². The number of rotatable bonds is 6. The molecule has 1 aliphatic carbocycles. The van der Waals surface area contributed by atoms with Gasteiger partial charge in [0.15, 0.2) is 0 Å². The lowest BCUT2D eigenvalue weighted by Gasteiger charge is -2.11. The summed E-state index contributed by atoms with van der Waals surface area (Å²) in [7, 11) is 0. The molecule has 0 radical (unpaired) electrons. The Kier molecular flexibility index (Phi) is 4.32. The number of hydrogen-bond donors (Lipinski definition) is 1. The molecule has 26 heavy (non-hydrogen) atoms. The van der Waals surface area contributed by atoms with Crippen molar-refractivity contribution in [2.75, 3.05) is 13.1 Å². The van der Waals surface area contributed by atoms with Crippen LogP contribution in [0.15, 0.2) is 28.8 Å². The van der Waals surface area contributed by atoms with E-state index in [0.29, 0.717) is 18.4 Å². The number of nitrogens with one attached hydrogen (secondary N) is 1. The lowest BCUT2D eigenvalue weighted by molar-refractivity contribution is -0.121. The van der Waals surface area contributed by atoms with Crippen LogP contribution in [0, 0.1) is 6.92 Å². The SMILES string of the molecule is Cc1ccccc1-c1noc(CC(=O)NCC2CN(C3CC3)C(=O)O2)n1. The molecule has 1 saturated carbocycles. The van der Waals surface area contributed by atoms with E-state index in [4.69, 9.17) is 9.26 Å². The van der Waals surface area contributed by atoms with E-state index in [-0.39, 0.29) is 37.0 Å². The van der Waals surface area contributed by atoms with Crippen LogP contribution in [0.25, 0.3) is 11.4 Å². The van der Waals surface area contributed by atoms with Crippen LogP contribution in [0.2, 0.25) is 0 Å². The van der Waals surface area contributed by atoms with Gasteiger partial charge in [-0.05, 0) is 25.3 Å². The van der Waals surface area contributed by atoms with Gasteiger partial charge in [0.25, 0.3) is 0 Å². The van der Waals surface area contributed by atoms with Crippen molar-refractivity contribution in [2.45, 2.75) is 38.3 Å². The zero-order valence-corrected chi connectivity index (χ0v) is 14.5. The summed E-state index contributed by atoms with van der Waals surface area (Å²) in [6.45, 7) is 2.78. The number of carbonyl (C=O) groups is 2. The average Bonchev–Trinajstić information content (AvgIpc) is 3.25. The van der Waals surface area contributed by atoms with Crippen LogP contribution in [0.1, 0.15) is 24.3 Å². The van der Waals surface area contributed by atoms with E-state index < -0.39 is 0 Å². The first-order valence-corrected chi connectivity index (χ1v) is 8.72. The first-order valence-electron chi connectivity index (χ1n) is 8.72. The highest BCUT2D eigenvalue weighted by molar-refractivity contribution is 5.78. The van der Waals surface area contributed by atoms with Gasteiger partial charge in [-0.2, -0.15) is 4.98 Å². The molecule has 1 unspecified atom stereocenters. The Hall–Kier alpha value is -2.90. The van der Waals surface area contributed by atoms with Crippen molar-refractivity contribution in [1.82, 2.24) is 20.4 Å². The number of hydrogen-bond acceptors (Lipinski definition) is 6. The third kappa shape index (κ3) is 3.54. The molecule has 1 aliphatic heterocycles. The van der Waals surface area contributed by atoms with Crippen molar-refractivity contribution in [3.63, 3.8) is 0 Å². The lowest BCUT2D eigenvalue weighted by Crippen LogP contribution is -2.35. The highest BCUT2D eigenvalue weighted by atomic mass is 16.6. The molecule has 2 aromatic rings. The van der Waals surface area contributed by atoms with Gasteiger partial charge in [-0.3, -0.25) is 4.79 Å². The summed E-state index contributed by atoms with van der Waals surface area (Å²) in [5.41, 5.74) is 1.91. The molecule has 0 bridgehead atoms. The molecule has 0 spiro atoms. The summed E-state index contributed by atoms with van der Waals surface area (Å²) in [5, 5.41) is 6.71. The summed E-state index contributed by atoms with van der Waals surface area (Å²) in [6, 6.07) is 8.03. The number of benzene rings is 1. The molecule has 8 heteroatoms. The lowest BCUT2D eigenvalue weighted by atomic mass is 10.1. The minimum Gasteiger partial charge on any atom is -0.442 e. The Morgan fingerprint density at radius 1 is 1.35 bits per heavy atom. The summed E-state index contributed by atoms with van der Waals surface area (Å²) in [4.78, 5) is 29.8. The van der Waals surface area contributed by atoms with E-state index in [9.17, 15) is 9.59 Å². The van der Waals surface area contributed by atoms with Gasteiger partial charge in [-0.15, -0.1) is 0 Å². The van der Waals surface area contributed by atoms with Crippen molar-refractivity contribution >= 4 is 12.0 Å². The van der Waals surface area contributed by atoms with E-state index in [1.54, 1.807) is 4.90 Å². The molecule has 2 aliphatic rings. The Morgan fingerprint density at radius 3 is 2.92 bits per heavy atom. The van der Waals surface area contributed by atoms with E-state index in [2.05, 4.69) is 15.5 Å². The van der Waals surface area contributed by atoms with Gasteiger partial charge in [-0.1, -0.05) is 29.4 Å². The van der Waals surface area contributed by atoms with Crippen molar-refractivity contribution in [2.24, 2.45) is 0 Å². The quantitative estimate of drug-likeness (QED) is 0.846. The minimum absolute atomic E-state index is 0.00805. The van der Waals surface area contributed by atoms with E-state index >= 15 is 0 Å². The van der Waals surface area contributed by atoms with Gasteiger partial charge in [0.1, 0.15) is 12.5 Å². The second kappa shape index (κ2) is 6.78.